The van der Waals surface area contributed by atoms with Crippen molar-refractivity contribution >= 4 is 27.8 Å². The number of carbonyl (C=O) groups excluding carboxylic acids is 3. The van der Waals surface area contributed by atoms with Gasteiger partial charge in [0.25, 0.3) is 15.9 Å². The highest BCUT2D eigenvalue weighted by Crippen LogP contribution is 2.30. The first-order valence-corrected chi connectivity index (χ1v) is 9.90. The molecular weight excluding hydrogens is 360 g/mol. The quantitative estimate of drug-likeness (QED) is 0.710. The average Bonchev–Trinajstić information content (AvgIpc) is 2.83. The number of nitrogens with zero attached hydrogens (tertiary/aromatic N) is 2. The molecule has 0 aliphatic carbocycles. The van der Waals surface area contributed by atoms with E-state index < -0.39 is 34.3 Å². The molecular formula is C17H20N2O6S. The van der Waals surface area contributed by atoms with Crippen LogP contribution in [0.3, 0.4) is 0 Å². The lowest BCUT2D eigenvalue weighted by molar-refractivity contribution is -0.151. The van der Waals surface area contributed by atoms with Crippen LogP contribution in [0.5, 0.6) is 0 Å². The van der Waals surface area contributed by atoms with Crippen molar-refractivity contribution in [2.24, 2.45) is 5.92 Å². The van der Waals surface area contributed by atoms with E-state index in [0.29, 0.717) is 23.7 Å². The van der Waals surface area contributed by atoms with Gasteiger partial charge in [0.2, 0.25) is 5.91 Å². The molecule has 3 rings (SSSR count). The van der Waals surface area contributed by atoms with Crippen LogP contribution in [0.4, 0.5) is 0 Å². The van der Waals surface area contributed by atoms with Gasteiger partial charge >= 0.3 is 5.97 Å². The molecule has 1 fully saturated rings. The first-order valence-electron chi connectivity index (χ1n) is 8.46. The van der Waals surface area contributed by atoms with E-state index in [-0.39, 0.29) is 29.6 Å². The van der Waals surface area contributed by atoms with Crippen LogP contribution >= 0.6 is 0 Å². The SMILES string of the molecule is CCOC(=O)[C@H]1CCCN(C(=O)CN2C(=O)c3ccccc3S2(=O)=O)C1. The van der Waals surface area contributed by atoms with Gasteiger partial charge in [-0.3, -0.25) is 14.4 Å². The Labute approximate surface area is 151 Å². The van der Waals surface area contributed by atoms with Crippen molar-refractivity contribution in [2.45, 2.75) is 24.7 Å². The number of amides is 2. The Kier molecular flexibility index (Phi) is 4.99. The van der Waals surface area contributed by atoms with Crippen LogP contribution in [0.1, 0.15) is 30.1 Å². The maximum Gasteiger partial charge on any atom is 0.310 e. The molecule has 0 spiro atoms. The lowest BCUT2D eigenvalue weighted by Gasteiger charge is -2.32. The summed E-state index contributed by atoms with van der Waals surface area (Å²) in [6, 6.07) is 5.89. The lowest BCUT2D eigenvalue weighted by atomic mass is 9.98. The Morgan fingerprint density at radius 2 is 2.00 bits per heavy atom. The zero-order valence-corrected chi connectivity index (χ0v) is 15.2. The minimum Gasteiger partial charge on any atom is -0.466 e. The number of hydrogen-bond acceptors (Lipinski definition) is 6. The average molecular weight is 380 g/mol. The number of rotatable bonds is 4. The Hall–Kier alpha value is -2.42. The van der Waals surface area contributed by atoms with E-state index in [2.05, 4.69) is 0 Å². The molecule has 9 heteroatoms. The molecule has 0 radical (unpaired) electrons. The van der Waals surface area contributed by atoms with E-state index in [4.69, 9.17) is 4.74 Å². The molecule has 2 heterocycles. The van der Waals surface area contributed by atoms with Gasteiger partial charge in [0.05, 0.1) is 18.1 Å². The summed E-state index contributed by atoms with van der Waals surface area (Å²) in [7, 11) is -4.02. The lowest BCUT2D eigenvalue weighted by Crippen LogP contribution is -2.47. The van der Waals surface area contributed by atoms with Gasteiger partial charge in [-0.15, -0.1) is 0 Å². The summed E-state index contributed by atoms with van der Waals surface area (Å²) < 4.78 is 30.7. The molecule has 0 aromatic heterocycles. The highest BCUT2D eigenvalue weighted by atomic mass is 32.2. The first kappa shape index (κ1) is 18.4. The Morgan fingerprint density at radius 3 is 2.69 bits per heavy atom. The van der Waals surface area contributed by atoms with Gasteiger partial charge in [-0.25, -0.2) is 12.7 Å². The van der Waals surface area contributed by atoms with E-state index in [9.17, 15) is 22.8 Å². The van der Waals surface area contributed by atoms with Gasteiger partial charge < -0.3 is 9.64 Å². The molecule has 0 N–H and O–H groups in total. The number of piperidine rings is 1. The van der Waals surface area contributed by atoms with Crippen LogP contribution in [0, 0.1) is 5.92 Å². The molecule has 1 saturated heterocycles. The standard InChI is InChI=1S/C17H20N2O6S/c1-2-25-17(22)12-6-5-9-18(10-12)15(20)11-19-16(21)13-7-3-4-8-14(13)26(19,23)24/h3-4,7-8,12H,2,5-6,9-11H2,1H3/t12-/m0/s1. The monoisotopic (exact) mass is 380 g/mol. The number of sulfonamides is 1. The molecule has 2 aliphatic rings. The predicted molar refractivity (Wildman–Crippen MR) is 90.6 cm³/mol. The van der Waals surface area contributed by atoms with Crippen molar-refractivity contribution in [3.63, 3.8) is 0 Å². The summed E-state index contributed by atoms with van der Waals surface area (Å²) in [6.07, 6.45) is 1.24. The zero-order chi connectivity index (χ0) is 18.9. The Morgan fingerprint density at radius 1 is 1.27 bits per heavy atom. The van der Waals surface area contributed by atoms with Crippen molar-refractivity contribution in [3.8, 4) is 0 Å². The fourth-order valence-electron chi connectivity index (χ4n) is 3.27. The topological polar surface area (TPSA) is 101 Å². The van der Waals surface area contributed by atoms with E-state index in [1.54, 1.807) is 13.0 Å². The van der Waals surface area contributed by atoms with Crippen LogP contribution < -0.4 is 0 Å². The van der Waals surface area contributed by atoms with Crippen LogP contribution in [0.2, 0.25) is 0 Å². The van der Waals surface area contributed by atoms with E-state index in [1.165, 1.54) is 23.1 Å². The van der Waals surface area contributed by atoms with Crippen molar-refractivity contribution in [1.82, 2.24) is 9.21 Å². The Balaban J connectivity index is 1.72. The number of ether oxygens (including phenoxy) is 1. The number of fused-ring (bicyclic) bond motifs is 1. The van der Waals surface area contributed by atoms with Crippen LogP contribution in [-0.4, -0.2) is 61.6 Å². The highest BCUT2D eigenvalue weighted by Gasteiger charge is 2.42. The molecule has 2 aliphatic heterocycles. The zero-order valence-electron chi connectivity index (χ0n) is 14.4. The molecule has 0 bridgehead atoms. The molecule has 1 atom stereocenters. The summed E-state index contributed by atoms with van der Waals surface area (Å²) in [5, 5.41) is 0. The number of likely N-dealkylation sites (tertiary alicyclic amines) is 1. The molecule has 1 aromatic carbocycles. The van der Waals surface area contributed by atoms with Crippen molar-refractivity contribution < 1.29 is 27.5 Å². The van der Waals surface area contributed by atoms with Crippen molar-refractivity contribution in [2.75, 3.05) is 26.2 Å². The van der Waals surface area contributed by atoms with Crippen LogP contribution in [0.15, 0.2) is 29.2 Å². The van der Waals surface area contributed by atoms with E-state index >= 15 is 0 Å². The third-order valence-corrected chi connectivity index (χ3v) is 6.37. The summed E-state index contributed by atoms with van der Waals surface area (Å²) in [5.41, 5.74) is 0.0725. The molecule has 0 unspecified atom stereocenters. The summed E-state index contributed by atoms with van der Waals surface area (Å²) in [4.78, 5) is 38.2. The number of benzene rings is 1. The molecule has 140 valence electrons. The normalized spacial score (nSPS) is 21.4. The Bertz CT molecular complexity index is 851. The first-order chi connectivity index (χ1) is 12.4. The molecule has 1 aromatic rings. The second-order valence-corrected chi connectivity index (χ2v) is 8.07. The van der Waals surface area contributed by atoms with Crippen molar-refractivity contribution in [1.29, 1.82) is 0 Å². The highest BCUT2D eigenvalue weighted by molar-refractivity contribution is 7.90. The maximum absolute atomic E-state index is 12.6. The van der Waals surface area contributed by atoms with E-state index in [0.717, 1.165) is 0 Å². The van der Waals surface area contributed by atoms with Gasteiger partial charge in [0, 0.05) is 13.1 Å². The van der Waals surface area contributed by atoms with E-state index in [1.807, 2.05) is 0 Å². The summed E-state index contributed by atoms with van der Waals surface area (Å²) in [5.74, 6) is -1.98. The van der Waals surface area contributed by atoms with Crippen molar-refractivity contribution in [3.05, 3.63) is 29.8 Å². The third kappa shape index (κ3) is 3.18. The summed E-state index contributed by atoms with van der Waals surface area (Å²) >= 11 is 0. The minimum absolute atomic E-state index is 0.0725. The molecule has 2 amide bonds. The van der Waals surface area contributed by atoms with Gasteiger partial charge in [-0.1, -0.05) is 12.1 Å². The maximum atomic E-state index is 12.6. The predicted octanol–water partition coefficient (Wildman–Crippen LogP) is 0.633. The third-order valence-electron chi connectivity index (χ3n) is 4.58. The minimum atomic E-state index is -4.02. The van der Waals surface area contributed by atoms with Gasteiger partial charge in [0.15, 0.2) is 0 Å². The van der Waals surface area contributed by atoms with Crippen LogP contribution in [-0.2, 0) is 24.3 Å². The second-order valence-electron chi connectivity index (χ2n) is 6.24. The molecule has 26 heavy (non-hydrogen) atoms. The fraction of sp³-hybridized carbons (Fsp3) is 0.471. The number of carbonyl (C=O) groups is 3. The number of esters is 1. The van der Waals surface area contributed by atoms with Crippen LogP contribution in [0.25, 0.3) is 0 Å². The smallest absolute Gasteiger partial charge is 0.310 e. The molecule has 8 nitrogen and oxygen atoms in total. The second kappa shape index (κ2) is 7.06. The molecule has 0 saturated carbocycles. The summed E-state index contributed by atoms with van der Waals surface area (Å²) in [6.45, 7) is 2.01. The van der Waals surface area contributed by atoms with Gasteiger partial charge in [0.1, 0.15) is 11.4 Å². The largest absolute Gasteiger partial charge is 0.466 e. The fourth-order valence-corrected chi connectivity index (χ4v) is 4.78. The van der Waals surface area contributed by atoms with Gasteiger partial charge in [-0.05, 0) is 31.9 Å². The number of hydrogen-bond donors (Lipinski definition) is 0. The van der Waals surface area contributed by atoms with Gasteiger partial charge in [-0.2, -0.15) is 0 Å².